The Morgan fingerprint density at radius 2 is 1.90 bits per heavy atom. The van der Waals surface area contributed by atoms with Crippen LogP contribution in [0.15, 0.2) is 0 Å². The SMILES string of the molecule is CC(=O)c1c(C)[nH]c(C(=O)NCc2sc(C)nc2C)c1C. The monoisotopic (exact) mass is 305 g/mol. The van der Waals surface area contributed by atoms with E-state index in [0.717, 1.165) is 21.3 Å². The minimum absolute atomic E-state index is 0.0331. The van der Waals surface area contributed by atoms with Crippen LogP contribution in [0.2, 0.25) is 0 Å². The summed E-state index contributed by atoms with van der Waals surface area (Å²) in [5, 5.41) is 3.87. The fourth-order valence-electron chi connectivity index (χ4n) is 2.49. The Bertz CT molecular complexity index is 713. The third-order valence-corrected chi connectivity index (χ3v) is 4.50. The van der Waals surface area contributed by atoms with Gasteiger partial charge in [-0.2, -0.15) is 0 Å². The molecule has 21 heavy (non-hydrogen) atoms. The van der Waals surface area contributed by atoms with E-state index in [2.05, 4.69) is 15.3 Å². The van der Waals surface area contributed by atoms with E-state index in [9.17, 15) is 9.59 Å². The molecule has 2 heterocycles. The van der Waals surface area contributed by atoms with Crippen molar-refractivity contribution in [2.24, 2.45) is 0 Å². The molecule has 5 nitrogen and oxygen atoms in total. The molecule has 1 amide bonds. The lowest BCUT2D eigenvalue weighted by molar-refractivity contribution is 0.0946. The lowest BCUT2D eigenvalue weighted by Gasteiger charge is -2.04. The van der Waals surface area contributed by atoms with Crippen molar-refractivity contribution in [1.82, 2.24) is 15.3 Å². The Kier molecular flexibility index (Phi) is 4.27. The van der Waals surface area contributed by atoms with Crippen LogP contribution in [0.1, 0.15) is 54.6 Å². The number of carbonyl (C=O) groups excluding carboxylic acids is 2. The summed E-state index contributed by atoms with van der Waals surface area (Å²) in [5.74, 6) is -0.234. The van der Waals surface area contributed by atoms with E-state index < -0.39 is 0 Å². The number of aromatic amines is 1. The number of thiazole rings is 1. The van der Waals surface area contributed by atoms with Gasteiger partial charge >= 0.3 is 0 Å². The maximum Gasteiger partial charge on any atom is 0.268 e. The smallest absolute Gasteiger partial charge is 0.268 e. The van der Waals surface area contributed by atoms with E-state index in [1.54, 1.807) is 25.2 Å². The number of carbonyl (C=O) groups is 2. The molecule has 2 aromatic heterocycles. The summed E-state index contributed by atoms with van der Waals surface area (Å²) in [6.07, 6.45) is 0. The molecule has 0 aliphatic rings. The van der Waals surface area contributed by atoms with Crippen molar-refractivity contribution in [2.75, 3.05) is 0 Å². The zero-order valence-corrected chi connectivity index (χ0v) is 13.7. The van der Waals surface area contributed by atoms with Gasteiger partial charge in [0, 0.05) is 16.1 Å². The van der Waals surface area contributed by atoms with Gasteiger partial charge < -0.3 is 10.3 Å². The van der Waals surface area contributed by atoms with Crippen LogP contribution in [0.3, 0.4) is 0 Å². The molecule has 0 unspecified atom stereocenters. The number of H-pyrrole nitrogens is 1. The van der Waals surface area contributed by atoms with E-state index in [1.165, 1.54) is 6.92 Å². The Morgan fingerprint density at radius 3 is 2.38 bits per heavy atom. The van der Waals surface area contributed by atoms with Gasteiger partial charge in [0.2, 0.25) is 0 Å². The Morgan fingerprint density at radius 1 is 1.24 bits per heavy atom. The third kappa shape index (κ3) is 3.05. The first kappa shape index (κ1) is 15.4. The number of hydrogen-bond donors (Lipinski definition) is 2. The molecule has 2 rings (SSSR count). The molecule has 0 bridgehead atoms. The van der Waals surface area contributed by atoms with E-state index in [1.807, 2.05) is 13.8 Å². The van der Waals surface area contributed by atoms with Gasteiger partial charge in [-0.25, -0.2) is 4.98 Å². The van der Waals surface area contributed by atoms with Crippen LogP contribution in [-0.2, 0) is 6.54 Å². The fraction of sp³-hybridized carbons (Fsp3) is 0.400. The van der Waals surface area contributed by atoms with Crippen molar-refractivity contribution in [3.8, 4) is 0 Å². The minimum Gasteiger partial charge on any atom is -0.354 e. The van der Waals surface area contributed by atoms with Gasteiger partial charge in [-0.1, -0.05) is 0 Å². The molecule has 0 aliphatic carbocycles. The molecule has 0 radical (unpaired) electrons. The number of aromatic nitrogens is 2. The lowest BCUT2D eigenvalue weighted by atomic mass is 10.1. The molecule has 0 saturated carbocycles. The molecular formula is C15H19N3O2S. The number of amides is 1. The molecule has 2 N–H and O–H groups in total. The second kappa shape index (κ2) is 5.81. The summed E-state index contributed by atoms with van der Waals surface area (Å²) in [7, 11) is 0. The molecule has 6 heteroatoms. The van der Waals surface area contributed by atoms with Crippen molar-refractivity contribution >= 4 is 23.0 Å². The maximum absolute atomic E-state index is 12.3. The highest BCUT2D eigenvalue weighted by molar-refractivity contribution is 7.11. The normalized spacial score (nSPS) is 10.7. The van der Waals surface area contributed by atoms with Crippen LogP contribution in [-0.4, -0.2) is 21.7 Å². The summed E-state index contributed by atoms with van der Waals surface area (Å²) >= 11 is 1.58. The molecular weight excluding hydrogens is 286 g/mol. The summed E-state index contributed by atoms with van der Waals surface area (Å²) in [4.78, 5) is 32.3. The van der Waals surface area contributed by atoms with Crippen LogP contribution in [0.25, 0.3) is 0 Å². The molecule has 2 aromatic rings. The van der Waals surface area contributed by atoms with Crippen LogP contribution in [0, 0.1) is 27.7 Å². The number of hydrogen-bond acceptors (Lipinski definition) is 4. The zero-order valence-electron chi connectivity index (χ0n) is 12.9. The maximum atomic E-state index is 12.3. The van der Waals surface area contributed by atoms with Gasteiger partial charge in [0.15, 0.2) is 5.78 Å². The van der Waals surface area contributed by atoms with Gasteiger partial charge in [-0.05, 0) is 40.2 Å². The highest BCUT2D eigenvalue weighted by Gasteiger charge is 2.19. The molecule has 0 aromatic carbocycles. The number of aryl methyl sites for hydroxylation is 3. The summed E-state index contributed by atoms with van der Waals surface area (Å²) in [6, 6.07) is 0. The molecule has 0 aliphatic heterocycles. The number of nitrogens with one attached hydrogen (secondary N) is 2. The van der Waals surface area contributed by atoms with Crippen molar-refractivity contribution in [2.45, 2.75) is 41.2 Å². The molecule has 0 spiro atoms. The van der Waals surface area contributed by atoms with Crippen molar-refractivity contribution in [3.05, 3.63) is 38.1 Å². The van der Waals surface area contributed by atoms with Gasteiger partial charge in [0.25, 0.3) is 5.91 Å². The Hall–Kier alpha value is -1.95. The first-order chi connectivity index (χ1) is 9.81. The van der Waals surface area contributed by atoms with Crippen molar-refractivity contribution in [3.63, 3.8) is 0 Å². The van der Waals surface area contributed by atoms with Gasteiger partial charge in [-0.3, -0.25) is 9.59 Å². The Balaban J connectivity index is 2.16. The largest absolute Gasteiger partial charge is 0.354 e. The number of Topliss-reactive ketones (excluding diaryl/α,β-unsaturated/α-hetero) is 1. The van der Waals surface area contributed by atoms with Gasteiger partial charge in [-0.15, -0.1) is 11.3 Å². The zero-order chi connectivity index (χ0) is 15.7. The third-order valence-electron chi connectivity index (χ3n) is 3.43. The van der Waals surface area contributed by atoms with Crippen LogP contribution in [0.5, 0.6) is 0 Å². The Labute approximate surface area is 127 Å². The first-order valence-corrected chi connectivity index (χ1v) is 7.54. The predicted molar refractivity (Wildman–Crippen MR) is 83.0 cm³/mol. The summed E-state index contributed by atoms with van der Waals surface area (Å²) in [5.41, 5.74) is 3.44. The lowest BCUT2D eigenvalue weighted by Crippen LogP contribution is -2.23. The fourth-order valence-corrected chi connectivity index (χ4v) is 3.37. The first-order valence-electron chi connectivity index (χ1n) is 6.72. The van der Waals surface area contributed by atoms with Crippen molar-refractivity contribution in [1.29, 1.82) is 0 Å². The molecule has 0 saturated heterocycles. The minimum atomic E-state index is -0.200. The standard InChI is InChI=1S/C15H19N3O2S/c1-7-13(10(4)19)9(3)18-14(7)15(20)16-6-12-8(2)17-11(5)21-12/h18H,6H2,1-5H3,(H,16,20). The highest BCUT2D eigenvalue weighted by Crippen LogP contribution is 2.20. The van der Waals surface area contributed by atoms with E-state index in [4.69, 9.17) is 0 Å². The number of nitrogens with zero attached hydrogens (tertiary/aromatic N) is 1. The highest BCUT2D eigenvalue weighted by atomic mass is 32.1. The second-order valence-electron chi connectivity index (χ2n) is 5.11. The summed E-state index contributed by atoms with van der Waals surface area (Å²) < 4.78 is 0. The summed E-state index contributed by atoms with van der Waals surface area (Å²) in [6.45, 7) is 9.43. The van der Waals surface area contributed by atoms with Gasteiger partial charge in [0.05, 0.1) is 17.2 Å². The van der Waals surface area contributed by atoms with Crippen LogP contribution >= 0.6 is 11.3 Å². The molecule has 0 fully saturated rings. The van der Waals surface area contributed by atoms with E-state index in [-0.39, 0.29) is 11.7 Å². The number of rotatable bonds is 4. The predicted octanol–water partition coefficient (Wildman–Crippen LogP) is 2.84. The quantitative estimate of drug-likeness (QED) is 0.853. The van der Waals surface area contributed by atoms with Gasteiger partial charge in [0.1, 0.15) is 5.69 Å². The topological polar surface area (TPSA) is 74.8 Å². The van der Waals surface area contributed by atoms with E-state index >= 15 is 0 Å². The molecule has 0 atom stereocenters. The average molecular weight is 305 g/mol. The molecule has 112 valence electrons. The van der Waals surface area contributed by atoms with E-state index in [0.29, 0.717) is 23.4 Å². The second-order valence-corrected chi connectivity index (χ2v) is 6.39. The number of ketones is 1. The van der Waals surface area contributed by atoms with Crippen LogP contribution < -0.4 is 5.32 Å². The average Bonchev–Trinajstić information content (AvgIpc) is 2.86. The van der Waals surface area contributed by atoms with Crippen molar-refractivity contribution < 1.29 is 9.59 Å². The van der Waals surface area contributed by atoms with Crippen LogP contribution in [0.4, 0.5) is 0 Å².